The van der Waals surface area contributed by atoms with E-state index in [2.05, 4.69) is 28.2 Å². The van der Waals surface area contributed by atoms with Crippen LogP contribution < -0.4 is 0 Å². The molecule has 8 nitrogen and oxygen atoms in total. The molecule has 0 unspecified atom stereocenters. The van der Waals surface area contributed by atoms with Gasteiger partial charge in [-0.1, -0.05) is 0 Å². The Morgan fingerprint density at radius 3 is 2.24 bits per heavy atom. The maximum Gasteiger partial charge on any atom is 0.246 e. The van der Waals surface area contributed by atoms with Gasteiger partial charge in [-0.15, -0.1) is 0 Å². The number of rotatable bonds is 5. The first-order chi connectivity index (χ1) is 11.8. The zero-order chi connectivity index (χ0) is 18.2. The van der Waals surface area contributed by atoms with Crippen molar-refractivity contribution in [1.82, 2.24) is 28.8 Å². The van der Waals surface area contributed by atoms with E-state index in [0.29, 0.717) is 23.7 Å². The molecule has 2 aromatic heterocycles. The molecule has 0 saturated carbocycles. The predicted molar refractivity (Wildman–Crippen MR) is 94.6 cm³/mol. The van der Waals surface area contributed by atoms with Gasteiger partial charge in [-0.2, -0.15) is 14.5 Å². The topological polar surface area (TPSA) is 76.3 Å². The number of aromatic nitrogens is 4. The van der Waals surface area contributed by atoms with Crippen LogP contribution in [-0.2, 0) is 30.2 Å². The smallest absolute Gasteiger partial charge is 0.246 e. The lowest BCUT2D eigenvalue weighted by atomic mass is 10.2. The van der Waals surface area contributed by atoms with Gasteiger partial charge in [0.25, 0.3) is 0 Å². The number of sulfonamides is 1. The van der Waals surface area contributed by atoms with Crippen LogP contribution in [0.25, 0.3) is 0 Å². The van der Waals surface area contributed by atoms with Crippen molar-refractivity contribution < 1.29 is 8.42 Å². The fourth-order valence-corrected chi connectivity index (χ4v) is 4.84. The molecule has 0 aromatic carbocycles. The Morgan fingerprint density at radius 1 is 1.04 bits per heavy atom. The van der Waals surface area contributed by atoms with Crippen molar-refractivity contribution in [3.63, 3.8) is 0 Å². The zero-order valence-electron chi connectivity index (χ0n) is 15.3. The van der Waals surface area contributed by atoms with Crippen LogP contribution in [0.2, 0.25) is 0 Å². The minimum Gasteiger partial charge on any atom is -0.296 e. The van der Waals surface area contributed by atoms with E-state index in [0.717, 1.165) is 31.9 Å². The molecule has 3 heterocycles. The third-order valence-corrected chi connectivity index (χ3v) is 6.69. The largest absolute Gasteiger partial charge is 0.296 e. The van der Waals surface area contributed by atoms with Gasteiger partial charge in [0, 0.05) is 64.3 Å². The standard InChI is InChI=1S/C16H26N6O2S/c1-5-21-11-15(13(2)18-21)10-20-6-8-22(9-7-20)25(23,24)16-12-19(4)17-14(16)3/h11-12H,5-10H2,1-4H3. The van der Waals surface area contributed by atoms with Gasteiger partial charge in [0.15, 0.2) is 0 Å². The first-order valence-corrected chi connectivity index (χ1v) is 10.0. The Balaban J connectivity index is 1.65. The summed E-state index contributed by atoms with van der Waals surface area (Å²) in [6.45, 7) is 9.92. The average molecular weight is 366 g/mol. The van der Waals surface area contributed by atoms with Crippen molar-refractivity contribution in [3.8, 4) is 0 Å². The second-order valence-electron chi connectivity index (χ2n) is 6.53. The Kier molecular flexibility index (Phi) is 4.99. The molecule has 138 valence electrons. The molecule has 0 aliphatic carbocycles. The number of hydrogen-bond donors (Lipinski definition) is 0. The summed E-state index contributed by atoms with van der Waals surface area (Å²) in [5, 5.41) is 8.63. The molecule has 1 fully saturated rings. The van der Waals surface area contributed by atoms with Crippen LogP contribution in [0.5, 0.6) is 0 Å². The highest BCUT2D eigenvalue weighted by molar-refractivity contribution is 7.89. The molecule has 0 amide bonds. The lowest BCUT2D eigenvalue weighted by molar-refractivity contribution is 0.181. The van der Waals surface area contributed by atoms with E-state index in [1.165, 1.54) is 5.56 Å². The number of nitrogens with zero attached hydrogens (tertiary/aromatic N) is 6. The minimum atomic E-state index is -3.47. The summed E-state index contributed by atoms with van der Waals surface area (Å²) in [5.74, 6) is 0. The van der Waals surface area contributed by atoms with E-state index in [-0.39, 0.29) is 0 Å². The fourth-order valence-electron chi connectivity index (χ4n) is 3.22. The van der Waals surface area contributed by atoms with E-state index >= 15 is 0 Å². The van der Waals surface area contributed by atoms with Crippen molar-refractivity contribution in [3.05, 3.63) is 29.3 Å². The van der Waals surface area contributed by atoms with Gasteiger partial charge in [-0.05, 0) is 20.8 Å². The molecule has 0 bridgehead atoms. The van der Waals surface area contributed by atoms with Crippen LogP contribution >= 0.6 is 0 Å². The monoisotopic (exact) mass is 366 g/mol. The van der Waals surface area contributed by atoms with Crippen LogP contribution in [0.15, 0.2) is 17.3 Å². The second kappa shape index (κ2) is 6.89. The first-order valence-electron chi connectivity index (χ1n) is 8.57. The Labute approximate surface area is 149 Å². The molecule has 0 radical (unpaired) electrons. The summed E-state index contributed by atoms with van der Waals surface area (Å²) in [5.41, 5.74) is 2.80. The van der Waals surface area contributed by atoms with Crippen molar-refractivity contribution in [2.24, 2.45) is 7.05 Å². The fraction of sp³-hybridized carbons (Fsp3) is 0.625. The average Bonchev–Trinajstić information content (AvgIpc) is 3.10. The van der Waals surface area contributed by atoms with E-state index in [1.807, 2.05) is 11.6 Å². The maximum atomic E-state index is 12.8. The van der Waals surface area contributed by atoms with Crippen LogP contribution in [0.3, 0.4) is 0 Å². The van der Waals surface area contributed by atoms with Crippen LogP contribution in [0, 0.1) is 13.8 Å². The third-order valence-electron chi connectivity index (χ3n) is 4.68. The summed E-state index contributed by atoms with van der Waals surface area (Å²) < 4.78 is 30.7. The second-order valence-corrected chi connectivity index (χ2v) is 8.43. The Bertz CT molecular complexity index is 846. The number of hydrogen-bond acceptors (Lipinski definition) is 5. The van der Waals surface area contributed by atoms with Crippen LogP contribution in [0.4, 0.5) is 0 Å². The van der Waals surface area contributed by atoms with Gasteiger partial charge in [0.2, 0.25) is 10.0 Å². The van der Waals surface area contributed by atoms with Crippen LogP contribution in [0.1, 0.15) is 23.9 Å². The predicted octanol–water partition coefficient (Wildman–Crippen LogP) is 0.760. The third kappa shape index (κ3) is 3.63. The van der Waals surface area contributed by atoms with E-state index in [1.54, 1.807) is 29.2 Å². The van der Waals surface area contributed by atoms with E-state index in [9.17, 15) is 8.42 Å². The van der Waals surface area contributed by atoms with Crippen molar-refractivity contribution in [1.29, 1.82) is 0 Å². The highest BCUT2D eigenvalue weighted by Gasteiger charge is 2.31. The highest BCUT2D eigenvalue weighted by atomic mass is 32.2. The molecule has 1 aliphatic heterocycles. The molecule has 3 rings (SSSR count). The molecule has 0 spiro atoms. The Hall–Kier alpha value is -1.71. The quantitative estimate of drug-likeness (QED) is 0.781. The van der Waals surface area contributed by atoms with Gasteiger partial charge in [-0.3, -0.25) is 14.3 Å². The number of aryl methyl sites for hydroxylation is 4. The van der Waals surface area contributed by atoms with Crippen LogP contribution in [-0.4, -0.2) is 63.4 Å². The molecular weight excluding hydrogens is 340 g/mol. The van der Waals surface area contributed by atoms with E-state index in [4.69, 9.17) is 0 Å². The molecule has 1 saturated heterocycles. The van der Waals surface area contributed by atoms with Gasteiger partial charge < -0.3 is 0 Å². The Morgan fingerprint density at radius 2 is 1.72 bits per heavy atom. The summed E-state index contributed by atoms with van der Waals surface area (Å²) in [4.78, 5) is 2.59. The molecule has 1 aliphatic rings. The molecular formula is C16H26N6O2S. The molecule has 2 aromatic rings. The highest BCUT2D eigenvalue weighted by Crippen LogP contribution is 2.21. The maximum absolute atomic E-state index is 12.8. The molecule has 0 N–H and O–H groups in total. The lowest BCUT2D eigenvalue weighted by Crippen LogP contribution is -2.48. The molecule has 0 atom stereocenters. The zero-order valence-corrected chi connectivity index (χ0v) is 16.1. The summed E-state index contributed by atoms with van der Waals surface area (Å²) >= 11 is 0. The van der Waals surface area contributed by atoms with Crippen molar-refractivity contribution in [2.75, 3.05) is 26.2 Å². The summed E-state index contributed by atoms with van der Waals surface area (Å²) in [6.07, 6.45) is 3.66. The van der Waals surface area contributed by atoms with Gasteiger partial charge in [-0.25, -0.2) is 8.42 Å². The van der Waals surface area contributed by atoms with Crippen molar-refractivity contribution >= 4 is 10.0 Å². The minimum absolute atomic E-state index is 0.309. The molecule has 9 heteroatoms. The van der Waals surface area contributed by atoms with Gasteiger partial charge >= 0.3 is 0 Å². The SMILES string of the molecule is CCn1cc(CN2CCN(S(=O)(=O)c3cn(C)nc3C)CC2)c(C)n1. The van der Waals surface area contributed by atoms with E-state index < -0.39 is 10.0 Å². The normalized spacial score (nSPS) is 17.3. The van der Waals surface area contributed by atoms with Gasteiger partial charge in [0.05, 0.1) is 11.4 Å². The molecule has 25 heavy (non-hydrogen) atoms. The summed E-state index contributed by atoms with van der Waals surface area (Å²) in [6, 6.07) is 0. The van der Waals surface area contributed by atoms with Crippen molar-refractivity contribution in [2.45, 2.75) is 38.8 Å². The lowest BCUT2D eigenvalue weighted by Gasteiger charge is -2.33. The van der Waals surface area contributed by atoms with Gasteiger partial charge in [0.1, 0.15) is 4.90 Å². The number of piperazine rings is 1. The summed E-state index contributed by atoms with van der Waals surface area (Å²) in [7, 11) is -1.73. The first kappa shape index (κ1) is 18.1.